The third-order valence-corrected chi connectivity index (χ3v) is 4.27. The van der Waals surface area contributed by atoms with Gasteiger partial charge in [0.2, 0.25) is 0 Å². The molecule has 6 nitrogen and oxygen atoms in total. The molecular weight excluding hydrogens is 379 g/mol. The summed E-state index contributed by atoms with van der Waals surface area (Å²) >= 11 is 12.0. The van der Waals surface area contributed by atoms with Crippen LogP contribution in [-0.2, 0) is 20.7 Å². The number of carbonyl (C=O) groups excluding carboxylic acids is 2. The quantitative estimate of drug-likeness (QED) is 0.710. The smallest absolute Gasteiger partial charge is 0.419 e. The molecule has 8 heteroatoms. The first-order valence-corrected chi connectivity index (χ1v) is 8.66. The molecular formula is C18H20Cl2N2O4. The average Bonchev–Trinajstić information content (AvgIpc) is 3.01. The van der Waals surface area contributed by atoms with E-state index >= 15 is 0 Å². The van der Waals surface area contributed by atoms with Crippen molar-refractivity contribution in [3.05, 3.63) is 52.0 Å². The normalized spacial score (nSPS) is 12.5. The van der Waals surface area contributed by atoms with E-state index in [0.29, 0.717) is 21.4 Å². The second-order valence-corrected chi connectivity index (χ2v) is 7.46. The zero-order chi connectivity index (χ0) is 19.5. The van der Waals surface area contributed by atoms with Crippen LogP contribution in [-0.4, -0.2) is 34.3 Å². The standard InChI is InChI=1S/C18H20Cl2N2O4/c1-18(2,3)26-17(24)22-8-7-21-15(22)10-12(16(23)25-4)11-5-6-13(19)14(20)9-11/h5-9,12H,10H2,1-4H3. The Hall–Kier alpha value is -2.05. The Labute approximate surface area is 162 Å². The number of methoxy groups -OCH3 is 1. The number of nitrogens with zero attached hydrogens (tertiary/aromatic N) is 2. The highest BCUT2D eigenvalue weighted by atomic mass is 35.5. The molecule has 0 saturated carbocycles. The molecule has 1 aromatic carbocycles. The molecule has 0 amide bonds. The maximum absolute atomic E-state index is 12.3. The molecule has 0 aliphatic carbocycles. The van der Waals surface area contributed by atoms with E-state index in [0.717, 1.165) is 0 Å². The maximum atomic E-state index is 12.3. The molecule has 140 valence electrons. The molecule has 26 heavy (non-hydrogen) atoms. The van der Waals surface area contributed by atoms with Gasteiger partial charge in [-0.05, 0) is 38.5 Å². The largest absolute Gasteiger partial charge is 0.469 e. The van der Waals surface area contributed by atoms with Crippen molar-refractivity contribution in [3.63, 3.8) is 0 Å². The number of carbonyl (C=O) groups is 2. The lowest BCUT2D eigenvalue weighted by Crippen LogP contribution is -2.28. The third-order valence-electron chi connectivity index (χ3n) is 3.53. The number of halogens is 2. The zero-order valence-corrected chi connectivity index (χ0v) is 16.5. The summed E-state index contributed by atoms with van der Waals surface area (Å²) in [4.78, 5) is 28.8. The third kappa shape index (κ3) is 4.99. The predicted octanol–water partition coefficient (Wildman–Crippen LogP) is 4.47. The maximum Gasteiger partial charge on any atom is 0.419 e. The van der Waals surface area contributed by atoms with E-state index in [-0.39, 0.29) is 6.42 Å². The lowest BCUT2D eigenvalue weighted by atomic mass is 9.95. The van der Waals surface area contributed by atoms with Gasteiger partial charge in [0.25, 0.3) is 0 Å². The van der Waals surface area contributed by atoms with Crippen molar-refractivity contribution < 1.29 is 19.1 Å². The molecule has 0 saturated heterocycles. The first kappa shape index (κ1) is 20.3. The molecule has 1 unspecified atom stereocenters. The minimum Gasteiger partial charge on any atom is -0.469 e. The van der Waals surface area contributed by atoms with Crippen LogP contribution in [0.4, 0.5) is 4.79 Å². The monoisotopic (exact) mass is 398 g/mol. The summed E-state index contributed by atoms with van der Waals surface area (Å²) in [5, 5.41) is 0.711. The number of imidazole rings is 1. The molecule has 0 bridgehead atoms. The van der Waals surface area contributed by atoms with Gasteiger partial charge in [0, 0.05) is 18.8 Å². The summed E-state index contributed by atoms with van der Waals surface area (Å²) in [5.74, 6) is -0.791. The number of benzene rings is 1. The van der Waals surface area contributed by atoms with Crippen LogP contribution < -0.4 is 0 Å². The number of hydrogen-bond acceptors (Lipinski definition) is 5. The van der Waals surface area contributed by atoms with Crippen LogP contribution in [0.5, 0.6) is 0 Å². The fraction of sp³-hybridized carbons (Fsp3) is 0.389. The van der Waals surface area contributed by atoms with Crippen LogP contribution in [0.3, 0.4) is 0 Å². The highest BCUT2D eigenvalue weighted by Crippen LogP contribution is 2.29. The molecule has 0 fully saturated rings. The SMILES string of the molecule is COC(=O)C(Cc1nccn1C(=O)OC(C)(C)C)c1ccc(Cl)c(Cl)c1. The second-order valence-electron chi connectivity index (χ2n) is 6.65. The van der Waals surface area contributed by atoms with Crippen molar-refractivity contribution in [3.8, 4) is 0 Å². The van der Waals surface area contributed by atoms with Crippen molar-refractivity contribution in [1.29, 1.82) is 0 Å². The van der Waals surface area contributed by atoms with Crippen molar-refractivity contribution in [2.45, 2.75) is 38.7 Å². The van der Waals surface area contributed by atoms with E-state index in [1.54, 1.807) is 39.0 Å². The molecule has 0 aliphatic rings. The number of hydrogen-bond donors (Lipinski definition) is 0. The Morgan fingerprint density at radius 2 is 1.92 bits per heavy atom. The predicted molar refractivity (Wildman–Crippen MR) is 98.8 cm³/mol. The molecule has 2 rings (SSSR count). The highest BCUT2D eigenvalue weighted by Gasteiger charge is 2.27. The summed E-state index contributed by atoms with van der Waals surface area (Å²) < 4.78 is 11.5. The van der Waals surface area contributed by atoms with Gasteiger partial charge in [-0.1, -0.05) is 29.3 Å². The number of esters is 1. The lowest BCUT2D eigenvalue weighted by Gasteiger charge is -2.21. The Bertz CT molecular complexity index is 812. The van der Waals surface area contributed by atoms with Crippen LogP contribution in [0.2, 0.25) is 10.0 Å². The van der Waals surface area contributed by atoms with Gasteiger partial charge >= 0.3 is 12.1 Å². The first-order chi connectivity index (χ1) is 12.1. The molecule has 0 N–H and O–H groups in total. The van der Waals surface area contributed by atoms with Gasteiger partial charge in [0.1, 0.15) is 11.4 Å². The molecule has 0 radical (unpaired) electrons. The number of rotatable bonds is 4. The molecule has 2 aromatic rings. The number of aromatic nitrogens is 2. The Morgan fingerprint density at radius 3 is 2.50 bits per heavy atom. The minimum absolute atomic E-state index is 0.136. The summed E-state index contributed by atoms with van der Waals surface area (Å²) in [6, 6.07) is 4.90. The van der Waals surface area contributed by atoms with Crippen LogP contribution in [0.1, 0.15) is 38.1 Å². The first-order valence-electron chi connectivity index (χ1n) is 7.90. The molecule has 0 aliphatic heterocycles. The Kier molecular flexibility index (Phi) is 6.31. The number of ether oxygens (including phenoxy) is 2. The van der Waals surface area contributed by atoms with Gasteiger partial charge in [0.15, 0.2) is 0 Å². The summed E-state index contributed by atoms with van der Waals surface area (Å²) in [7, 11) is 1.30. The van der Waals surface area contributed by atoms with Crippen LogP contribution >= 0.6 is 23.2 Å². The average molecular weight is 399 g/mol. The lowest BCUT2D eigenvalue weighted by molar-refractivity contribution is -0.142. The molecule has 1 aromatic heterocycles. The van der Waals surface area contributed by atoms with Crippen molar-refractivity contribution in [2.24, 2.45) is 0 Å². The van der Waals surface area contributed by atoms with Crippen LogP contribution in [0, 0.1) is 0 Å². The van der Waals surface area contributed by atoms with Crippen LogP contribution in [0.15, 0.2) is 30.6 Å². The molecule has 1 heterocycles. The topological polar surface area (TPSA) is 70.4 Å². The van der Waals surface area contributed by atoms with Gasteiger partial charge in [0.05, 0.1) is 23.1 Å². The van der Waals surface area contributed by atoms with Crippen molar-refractivity contribution in [1.82, 2.24) is 9.55 Å². The second kappa shape index (κ2) is 8.10. The van der Waals surface area contributed by atoms with Crippen molar-refractivity contribution >= 4 is 35.3 Å². The van der Waals surface area contributed by atoms with Gasteiger partial charge in [-0.25, -0.2) is 14.3 Å². The van der Waals surface area contributed by atoms with E-state index in [2.05, 4.69) is 4.98 Å². The molecule has 0 spiro atoms. The Morgan fingerprint density at radius 1 is 1.23 bits per heavy atom. The van der Waals surface area contributed by atoms with Crippen LogP contribution in [0.25, 0.3) is 0 Å². The van der Waals surface area contributed by atoms with Gasteiger partial charge in [-0.2, -0.15) is 0 Å². The van der Waals surface area contributed by atoms with E-state index in [1.807, 2.05) is 0 Å². The summed E-state index contributed by atoms with van der Waals surface area (Å²) in [5.41, 5.74) is -0.0330. The molecule has 1 atom stereocenters. The van der Waals surface area contributed by atoms with Gasteiger partial charge in [-0.3, -0.25) is 4.79 Å². The fourth-order valence-corrected chi connectivity index (χ4v) is 2.66. The van der Waals surface area contributed by atoms with Crippen molar-refractivity contribution in [2.75, 3.05) is 7.11 Å². The van der Waals surface area contributed by atoms with Gasteiger partial charge < -0.3 is 9.47 Å². The zero-order valence-electron chi connectivity index (χ0n) is 15.0. The van der Waals surface area contributed by atoms with E-state index in [9.17, 15) is 9.59 Å². The van der Waals surface area contributed by atoms with E-state index < -0.39 is 23.6 Å². The highest BCUT2D eigenvalue weighted by molar-refractivity contribution is 6.42. The van der Waals surface area contributed by atoms with E-state index in [1.165, 1.54) is 24.1 Å². The Balaban J connectivity index is 2.33. The minimum atomic E-state index is -0.696. The van der Waals surface area contributed by atoms with E-state index in [4.69, 9.17) is 32.7 Å². The summed E-state index contributed by atoms with van der Waals surface area (Å²) in [6.45, 7) is 5.32. The summed E-state index contributed by atoms with van der Waals surface area (Å²) in [6.07, 6.45) is 2.54. The fourth-order valence-electron chi connectivity index (χ4n) is 2.35. The van der Waals surface area contributed by atoms with Gasteiger partial charge in [-0.15, -0.1) is 0 Å².